The zero-order chi connectivity index (χ0) is 21.3. The number of rotatable bonds is 5. The summed E-state index contributed by atoms with van der Waals surface area (Å²) in [5.41, 5.74) is 1.05. The van der Waals surface area contributed by atoms with Crippen LogP contribution in [0, 0.1) is 0 Å². The van der Waals surface area contributed by atoms with Crippen LogP contribution in [0.15, 0.2) is 36.4 Å². The van der Waals surface area contributed by atoms with Crippen molar-refractivity contribution in [2.75, 3.05) is 39.0 Å². The highest BCUT2D eigenvalue weighted by molar-refractivity contribution is 7.88. The average Bonchev–Trinajstić information content (AvgIpc) is 3.38. The third kappa shape index (κ3) is 4.73. The largest absolute Gasteiger partial charge is 0.339 e. The Hall–Kier alpha value is -1.45. The van der Waals surface area contributed by atoms with E-state index in [0.29, 0.717) is 26.1 Å². The van der Waals surface area contributed by atoms with Crippen LogP contribution in [0.4, 0.5) is 0 Å². The summed E-state index contributed by atoms with van der Waals surface area (Å²) >= 11 is 8.06. The highest BCUT2D eigenvalue weighted by Gasteiger charge is 2.39. The Morgan fingerprint density at radius 1 is 1.10 bits per heavy atom. The first kappa shape index (κ1) is 21.8. The summed E-state index contributed by atoms with van der Waals surface area (Å²) < 4.78 is 25.3. The molecule has 162 valence electrons. The monoisotopic (exact) mass is 467 g/mol. The highest BCUT2D eigenvalue weighted by Crippen LogP contribution is 2.33. The fourth-order valence-corrected chi connectivity index (χ4v) is 6.71. The van der Waals surface area contributed by atoms with Gasteiger partial charge in [0.15, 0.2) is 0 Å². The van der Waals surface area contributed by atoms with Gasteiger partial charge >= 0.3 is 0 Å². The Bertz CT molecular complexity index is 1020. The maximum absolute atomic E-state index is 12.9. The first-order valence-electron chi connectivity index (χ1n) is 10.1. The molecule has 3 heterocycles. The number of nitrogens with zero attached hydrogens (tertiary/aromatic N) is 3. The molecule has 0 saturated carbocycles. The van der Waals surface area contributed by atoms with E-state index in [4.69, 9.17) is 11.6 Å². The number of amides is 1. The van der Waals surface area contributed by atoms with Gasteiger partial charge in [0.05, 0.1) is 6.26 Å². The van der Waals surface area contributed by atoms with Crippen molar-refractivity contribution in [3.8, 4) is 10.4 Å². The molecule has 0 aliphatic carbocycles. The highest BCUT2D eigenvalue weighted by atomic mass is 35.5. The molecule has 9 heteroatoms. The topological polar surface area (TPSA) is 60.9 Å². The van der Waals surface area contributed by atoms with Gasteiger partial charge in [0.2, 0.25) is 15.9 Å². The number of carbonyl (C=O) groups is 1. The van der Waals surface area contributed by atoms with E-state index < -0.39 is 16.1 Å². The number of sulfonamides is 1. The quantitative estimate of drug-likeness (QED) is 0.677. The van der Waals surface area contributed by atoms with Crippen molar-refractivity contribution in [3.63, 3.8) is 0 Å². The Morgan fingerprint density at radius 2 is 1.83 bits per heavy atom. The van der Waals surface area contributed by atoms with E-state index in [2.05, 4.69) is 17.0 Å². The first-order valence-corrected chi connectivity index (χ1v) is 13.2. The lowest BCUT2D eigenvalue weighted by Gasteiger charge is -2.36. The second kappa shape index (κ2) is 8.96. The number of benzene rings is 1. The molecule has 2 saturated heterocycles. The Balaban J connectivity index is 1.33. The summed E-state index contributed by atoms with van der Waals surface area (Å²) in [4.78, 5) is 19.5. The summed E-state index contributed by atoms with van der Waals surface area (Å²) in [7, 11) is -3.34. The van der Waals surface area contributed by atoms with Crippen molar-refractivity contribution in [1.29, 1.82) is 0 Å². The average molecular weight is 468 g/mol. The molecule has 2 aliphatic rings. The predicted octanol–water partition coefficient (Wildman–Crippen LogP) is 3.14. The van der Waals surface area contributed by atoms with Gasteiger partial charge in [-0.05, 0) is 31.0 Å². The lowest BCUT2D eigenvalue weighted by Crippen LogP contribution is -2.54. The fourth-order valence-electron chi connectivity index (χ4n) is 4.21. The summed E-state index contributed by atoms with van der Waals surface area (Å²) in [6, 6.07) is 11.6. The van der Waals surface area contributed by atoms with Crippen LogP contribution in [0.3, 0.4) is 0 Å². The first-order chi connectivity index (χ1) is 14.3. The number of thiophene rings is 1. The molecule has 0 radical (unpaired) electrons. The van der Waals surface area contributed by atoms with Gasteiger partial charge in [-0.25, -0.2) is 8.42 Å². The molecule has 1 atom stereocenters. The molecule has 0 spiro atoms. The van der Waals surface area contributed by atoms with E-state index >= 15 is 0 Å². The van der Waals surface area contributed by atoms with Gasteiger partial charge in [0, 0.05) is 59.6 Å². The number of hydrogen-bond acceptors (Lipinski definition) is 5. The van der Waals surface area contributed by atoms with Gasteiger partial charge in [-0.3, -0.25) is 9.69 Å². The van der Waals surface area contributed by atoms with Crippen LogP contribution < -0.4 is 0 Å². The third-order valence-corrected chi connectivity index (χ3v) is 8.50. The molecule has 6 nitrogen and oxygen atoms in total. The van der Waals surface area contributed by atoms with Gasteiger partial charge in [0.1, 0.15) is 6.04 Å². The van der Waals surface area contributed by atoms with Gasteiger partial charge in [0.25, 0.3) is 0 Å². The van der Waals surface area contributed by atoms with E-state index in [9.17, 15) is 13.2 Å². The van der Waals surface area contributed by atoms with Crippen molar-refractivity contribution >= 4 is 38.9 Å². The molecule has 1 amide bonds. The van der Waals surface area contributed by atoms with E-state index in [0.717, 1.165) is 41.5 Å². The summed E-state index contributed by atoms with van der Waals surface area (Å²) in [5.74, 6) is -0.0466. The minimum atomic E-state index is -3.34. The smallest absolute Gasteiger partial charge is 0.241 e. The van der Waals surface area contributed by atoms with Crippen molar-refractivity contribution in [1.82, 2.24) is 14.1 Å². The second-order valence-corrected chi connectivity index (χ2v) is 11.4. The molecule has 30 heavy (non-hydrogen) atoms. The number of carbonyl (C=O) groups excluding carboxylic acids is 1. The van der Waals surface area contributed by atoms with Crippen LogP contribution in [-0.4, -0.2) is 73.5 Å². The van der Waals surface area contributed by atoms with Crippen LogP contribution in [0.25, 0.3) is 10.4 Å². The second-order valence-electron chi connectivity index (χ2n) is 7.88. The third-order valence-electron chi connectivity index (χ3n) is 5.78. The standard InChI is InChI=1S/C21H26ClN3O3S2/c1-30(27,28)25-10-4-7-19(25)21(26)24-13-11-23(12-14-24)15-16-8-9-20(29-16)17-5-2-3-6-18(17)22/h2-3,5-6,8-9,19H,4,7,10-15H2,1H3. The predicted molar refractivity (Wildman–Crippen MR) is 121 cm³/mol. The van der Waals surface area contributed by atoms with Crippen LogP contribution in [0.2, 0.25) is 5.02 Å². The van der Waals surface area contributed by atoms with Crippen LogP contribution in [-0.2, 0) is 21.4 Å². The Labute approximate surface area is 187 Å². The van der Waals surface area contributed by atoms with Gasteiger partial charge in [-0.1, -0.05) is 29.8 Å². The molecular weight excluding hydrogens is 442 g/mol. The Kier molecular flexibility index (Phi) is 6.50. The van der Waals surface area contributed by atoms with Crippen LogP contribution >= 0.6 is 22.9 Å². The van der Waals surface area contributed by atoms with E-state index in [1.165, 1.54) is 15.4 Å². The van der Waals surface area contributed by atoms with E-state index in [1.54, 1.807) is 11.3 Å². The molecule has 1 unspecified atom stereocenters. The number of piperazine rings is 1. The minimum Gasteiger partial charge on any atom is -0.339 e. The summed E-state index contributed by atoms with van der Waals surface area (Å²) in [5, 5.41) is 0.757. The van der Waals surface area contributed by atoms with Crippen LogP contribution in [0.1, 0.15) is 17.7 Å². The normalized spacial score (nSPS) is 21.3. The van der Waals surface area contributed by atoms with E-state index in [-0.39, 0.29) is 5.91 Å². The molecule has 0 bridgehead atoms. The van der Waals surface area contributed by atoms with Crippen molar-refractivity contribution in [3.05, 3.63) is 46.3 Å². The minimum absolute atomic E-state index is 0.0466. The molecule has 2 aromatic rings. The molecular formula is C21H26ClN3O3S2. The van der Waals surface area contributed by atoms with Crippen molar-refractivity contribution < 1.29 is 13.2 Å². The summed E-state index contributed by atoms with van der Waals surface area (Å²) in [6.07, 6.45) is 2.55. The molecule has 0 N–H and O–H groups in total. The molecule has 4 rings (SSSR count). The van der Waals surface area contributed by atoms with Crippen molar-refractivity contribution in [2.24, 2.45) is 0 Å². The Morgan fingerprint density at radius 3 is 2.53 bits per heavy atom. The maximum atomic E-state index is 12.9. The molecule has 1 aromatic heterocycles. The lowest BCUT2D eigenvalue weighted by molar-refractivity contribution is -0.136. The maximum Gasteiger partial charge on any atom is 0.241 e. The fraction of sp³-hybridized carbons (Fsp3) is 0.476. The molecule has 2 aliphatic heterocycles. The van der Waals surface area contributed by atoms with E-state index in [1.807, 2.05) is 29.2 Å². The lowest BCUT2D eigenvalue weighted by atomic mass is 10.2. The molecule has 2 fully saturated rings. The van der Waals surface area contributed by atoms with Gasteiger partial charge in [-0.2, -0.15) is 4.31 Å². The zero-order valence-electron chi connectivity index (χ0n) is 17.0. The van der Waals surface area contributed by atoms with Gasteiger partial charge < -0.3 is 4.90 Å². The zero-order valence-corrected chi connectivity index (χ0v) is 19.3. The number of halogens is 1. The van der Waals surface area contributed by atoms with Gasteiger partial charge in [-0.15, -0.1) is 11.3 Å². The summed E-state index contributed by atoms with van der Waals surface area (Å²) in [6.45, 7) is 4.13. The molecule has 1 aromatic carbocycles. The van der Waals surface area contributed by atoms with Crippen molar-refractivity contribution in [2.45, 2.75) is 25.4 Å². The number of hydrogen-bond donors (Lipinski definition) is 0. The SMILES string of the molecule is CS(=O)(=O)N1CCCC1C(=O)N1CCN(Cc2ccc(-c3ccccc3Cl)s2)CC1. The van der Waals surface area contributed by atoms with Crippen LogP contribution in [0.5, 0.6) is 0 Å².